The van der Waals surface area contributed by atoms with E-state index < -0.39 is 21.7 Å². The van der Waals surface area contributed by atoms with Gasteiger partial charge in [0.15, 0.2) is 11.6 Å². The van der Waals surface area contributed by atoms with Crippen LogP contribution < -0.4 is 0 Å². The van der Waals surface area contributed by atoms with Crippen LogP contribution in [0.4, 0.5) is 8.78 Å². The van der Waals surface area contributed by atoms with Gasteiger partial charge in [0.2, 0.25) is 10.0 Å². The van der Waals surface area contributed by atoms with Crippen molar-refractivity contribution >= 4 is 10.0 Å². The molecule has 0 amide bonds. The molecule has 0 radical (unpaired) electrons. The normalized spacial score (nSPS) is 22.1. The van der Waals surface area contributed by atoms with Crippen molar-refractivity contribution in [3.05, 3.63) is 29.8 Å². The number of benzene rings is 1. The van der Waals surface area contributed by atoms with Crippen LogP contribution in [0.1, 0.15) is 26.2 Å². The Bertz CT molecular complexity index is 545. The molecule has 0 unspecified atom stereocenters. The van der Waals surface area contributed by atoms with Crippen molar-refractivity contribution in [3.63, 3.8) is 0 Å². The van der Waals surface area contributed by atoms with Gasteiger partial charge in [-0.15, -0.1) is 0 Å². The summed E-state index contributed by atoms with van der Waals surface area (Å²) >= 11 is 0. The number of halogens is 2. The third-order valence-electron chi connectivity index (χ3n) is 3.24. The third-order valence-corrected chi connectivity index (χ3v) is 5.25. The van der Waals surface area contributed by atoms with E-state index in [2.05, 4.69) is 0 Å². The lowest BCUT2D eigenvalue weighted by atomic mass is 10.1. The van der Waals surface area contributed by atoms with E-state index in [1.54, 1.807) is 0 Å². The van der Waals surface area contributed by atoms with Crippen molar-refractivity contribution in [2.45, 2.75) is 37.1 Å². The monoisotopic (exact) mass is 275 g/mol. The van der Waals surface area contributed by atoms with Gasteiger partial charge >= 0.3 is 0 Å². The van der Waals surface area contributed by atoms with Gasteiger partial charge < -0.3 is 0 Å². The quantitative estimate of drug-likeness (QED) is 0.831. The van der Waals surface area contributed by atoms with Crippen molar-refractivity contribution < 1.29 is 17.2 Å². The number of sulfonamides is 1. The zero-order chi connectivity index (χ0) is 13.3. The first-order valence-corrected chi connectivity index (χ1v) is 7.34. The Kier molecular flexibility index (Phi) is 3.68. The Labute approximate surface area is 105 Å². The number of rotatable bonds is 2. The van der Waals surface area contributed by atoms with Gasteiger partial charge in [-0.2, -0.15) is 4.31 Å². The second kappa shape index (κ2) is 4.93. The molecular formula is C12H15F2NO2S. The van der Waals surface area contributed by atoms with Crippen molar-refractivity contribution in [3.8, 4) is 0 Å². The molecular weight excluding hydrogens is 260 g/mol. The topological polar surface area (TPSA) is 37.4 Å². The average Bonchev–Trinajstić information content (AvgIpc) is 2.33. The number of hydrogen-bond acceptors (Lipinski definition) is 2. The lowest BCUT2D eigenvalue weighted by Crippen LogP contribution is -2.41. The Morgan fingerprint density at radius 2 is 1.94 bits per heavy atom. The van der Waals surface area contributed by atoms with Crippen molar-refractivity contribution in [1.29, 1.82) is 0 Å². The average molecular weight is 275 g/mol. The molecule has 0 bridgehead atoms. The van der Waals surface area contributed by atoms with Crippen LogP contribution in [0.15, 0.2) is 23.1 Å². The minimum Gasteiger partial charge on any atom is -0.207 e. The smallest absolute Gasteiger partial charge is 0.207 e. The highest BCUT2D eigenvalue weighted by molar-refractivity contribution is 7.89. The summed E-state index contributed by atoms with van der Waals surface area (Å²) < 4.78 is 51.9. The summed E-state index contributed by atoms with van der Waals surface area (Å²) in [6.45, 7) is 2.26. The van der Waals surface area contributed by atoms with Gasteiger partial charge in [0, 0.05) is 12.6 Å². The van der Waals surface area contributed by atoms with Crippen LogP contribution >= 0.6 is 0 Å². The maximum Gasteiger partial charge on any atom is 0.243 e. The van der Waals surface area contributed by atoms with Gasteiger partial charge in [-0.05, 0) is 38.0 Å². The molecule has 0 aromatic heterocycles. The van der Waals surface area contributed by atoms with Crippen LogP contribution in [0.5, 0.6) is 0 Å². The Hall–Kier alpha value is -1.01. The molecule has 1 aromatic carbocycles. The number of nitrogens with zero attached hydrogens (tertiary/aromatic N) is 1. The largest absolute Gasteiger partial charge is 0.243 e. The van der Waals surface area contributed by atoms with Gasteiger partial charge in [0.05, 0.1) is 4.90 Å². The van der Waals surface area contributed by atoms with E-state index in [1.807, 2.05) is 6.92 Å². The number of hydrogen-bond donors (Lipinski definition) is 0. The molecule has 1 aromatic rings. The van der Waals surface area contributed by atoms with Crippen LogP contribution in [0, 0.1) is 11.6 Å². The van der Waals surface area contributed by atoms with Crippen molar-refractivity contribution in [2.75, 3.05) is 6.54 Å². The maximum atomic E-state index is 13.1. The number of piperidine rings is 1. The molecule has 0 saturated carbocycles. The standard InChI is InChI=1S/C12H15F2NO2S/c1-9-4-2-3-7-15(9)18(16,17)10-5-6-11(13)12(14)8-10/h5-6,8-9H,2-4,7H2,1H3/t9-/m0/s1. The molecule has 1 aliphatic heterocycles. The van der Waals surface area contributed by atoms with Crippen LogP contribution in [0.2, 0.25) is 0 Å². The van der Waals surface area contributed by atoms with E-state index >= 15 is 0 Å². The van der Waals surface area contributed by atoms with Crippen molar-refractivity contribution in [2.24, 2.45) is 0 Å². The van der Waals surface area contributed by atoms with Gasteiger partial charge in [-0.1, -0.05) is 6.42 Å². The highest BCUT2D eigenvalue weighted by Crippen LogP contribution is 2.25. The Balaban J connectivity index is 2.37. The fourth-order valence-electron chi connectivity index (χ4n) is 2.20. The molecule has 100 valence electrons. The van der Waals surface area contributed by atoms with E-state index in [1.165, 1.54) is 4.31 Å². The second-order valence-electron chi connectivity index (χ2n) is 4.54. The Morgan fingerprint density at radius 1 is 1.22 bits per heavy atom. The molecule has 0 N–H and O–H groups in total. The van der Waals surface area contributed by atoms with Crippen molar-refractivity contribution in [1.82, 2.24) is 4.31 Å². The molecule has 1 saturated heterocycles. The van der Waals surface area contributed by atoms with E-state index in [-0.39, 0.29) is 10.9 Å². The first kappa shape index (κ1) is 13.4. The maximum absolute atomic E-state index is 13.1. The summed E-state index contributed by atoms with van der Waals surface area (Å²) in [6, 6.07) is 2.59. The summed E-state index contributed by atoms with van der Waals surface area (Å²) in [7, 11) is -3.72. The fourth-order valence-corrected chi connectivity index (χ4v) is 3.91. The van der Waals surface area contributed by atoms with Gasteiger partial charge in [0.1, 0.15) is 0 Å². The fraction of sp³-hybridized carbons (Fsp3) is 0.500. The molecule has 3 nitrogen and oxygen atoms in total. The van der Waals surface area contributed by atoms with Crippen LogP contribution in [-0.2, 0) is 10.0 Å². The minimum atomic E-state index is -3.72. The molecule has 0 aliphatic carbocycles. The molecule has 1 aliphatic rings. The summed E-state index contributed by atoms with van der Waals surface area (Å²) in [5, 5.41) is 0. The second-order valence-corrected chi connectivity index (χ2v) is 6.43. The third kappa shape index (κ3) is 2.40. The predicted octanol–water partition coefficient (Wildman–Crippen LogP) is 2.53. The van der Waals surface area contributed by atoms with E-state index in [9.17, 15) is 17.2 Å². The molecule has 18 heavy (non-hydrogen) atoms. The minimum absolute atomic E-state index is 0.100. The Morgan fingerprint density at radius 3 is 2.56 bits per heavy atom. The summed E-state index contributed by atoms with van der Waals surface area (Å²) in [5.41, 5.74) is 0. The van der Waals surface area contributed by atoms with Crippen LogP contribution in [-0.4, -0.2) is 25.3 Å². The van der Waals surface area contributed by atoms with Gasteiger partial charge in [-0.3, -0.25) is 0 Å². The SMILES string of the molecule is C[C@H]1CCCCN1S(=O)(=O)c1ccc(F)c(F)c1. The van der Waals surface area contributed by atoms with Crippen LogP contribution in [0.25, 0.3) is 0 Å². The van der Waals surface area contributed by atoms with Gasteiger partial charge in [-0.25, -0.2) is 17.2 Å². The van der Waals surface area contributed by atoms with E-state index in [4.69, 9.17) is 0 Å². The lowest BCUT2D eigenvalue weighted by molar-refractivity contribution is 0.268. The van der Waals surface area contributed by atoms with E-state index in [0.717, 1.165) is 37.5 Å². The molecule has 0 spiro atoms. The zero-order valence-electron chi connectivity index (χ0n) is 10.1. The highest BCUT2D eigenvalue weighted by atomic mass is 32.2. The zero-order valence-corrected chi connectivity index (χ0v) is 10.9. The highest BCUT2D eigenvalue weighted by Gasteiger charge is 2.31. The van der Waals surface area contributed by atoms with Gasteiger partial charge in [0.25, 0.3) is 0 Å². The van der Waals surface area contributed by atoms with E-state index in [0.29, 0.717) is 6.54 Å². The summed E-state index contributed by atoms with van der Waals surface area (Å²) in [4.78, 5) is -0.185. The van der Waals surface area contributed by atoms with Crippen LogP contribution in [0.3, 0.4) is 0 Å². The first-order valence-electron chi connectivity index (χ1n) is 5.90. The first-order chi connectivity index (χ1) is 8.43. The molecule has 6 heteroatoms. The summed E-state index contributed by atoms with van der Waals surface area (Å²) in [6.07, 6.45) is 2.58. The molecule has 1 atom stereocenters. The molecule has 1 heterocycles. The summed E-state index contributed by atoms with van der Waals surface area (Å²) in [5.74, 6) is -2.18. The lowest BCUT2D eigenvalue weighted by Gasteiger charge is -2.32. The molecule has 1 fully saturated rings. The molecule has 2 rings (SSSR count). The predicted molar refractivity (Wildman–Crippen MR) is 63.6 cm³/mol.